The molecule has 0 bridgehead atoms. The molecule has 11 nitrogen and oxygen atoms in total. The smallest absolute Gasteiger partial charge is 0.338 e. The lowest BCUT2D eigenvalue weighted by molar-refractivity contribution is -0.385. The maximum absolute atomic E-state index is 13.8. The van der Waals surface area contributed by atoms with Crippen LogP contribution in [0, 0.1) is 17.0 Å². The van der Waals surface area contributed by atoms with Crippen molar-refractivity contribution in [3.8, 4) is 11.3 Å². The number of fused-ring (bicyclic) bond motifs is 1. The molecule has 0 unspecified atom stereocenters. The molecular weight excluding hydrogens is 574 g/mol. The second kappa shape index (κ2) is 12.0. The van der Waals surface area contributed by atoms with Crippen LogP contribution in [-0.2, 0) is 14.3 Å². The largest absolute Gasteiger partial charge is 0.463 e. The highest BCUT2D eigenvalue weighted by Crippen LogP contribution is 2.33. The summed E-state index contributed by atoms with van der Waals surface area (Å²) in [5, 5.41) is 11.7. The van der Waals surface area contributed by atoms with Crippen molar-refractivity contribution in [3.63, 3.8) is 0 Å². The normalized spacial score (nSPS) is 14.7. The van der Waals surface area contributed by atoms with E-state index in [2.05, 4.69) is 4.99 Å². The average molecular weight is 602 g/mol. The van der Waals surface area contributed by atoms with Gasteiger partial charge in [-0.2, -0.15) is 0 Å². The summed E-state index contributed by atoms with van der Waals surface area (Å²) in [6, 6.07) is 13.9. The fourth-order valence-corrected chi connectivity index (χ4v) is 5.83. The van der Waals surface area contributed by atoms with E-state index >= 15 is 0 Å². The number of rotatable bonds is 8. The molecule has 0 N–H and O–H groups in total. The number of nitro benzene ring substituents is 1. The summed E-state index contributed by atoms with van der Waals surface area (Å²) >= 11 is 1.11. The molecule has 5 rings (SSSR count). The van der Waals surface area contributed by atoms with Crippen molar-refractivity contribution in [1.29, 1.82) is 0 Å². The highest BCUT2D eigenvalue weighted by molar-refractivity contribution is 7.07. The number of ether oxygens (including phenoxy) is 2. The third-order valence-electron chi connectivity index (χ3n) is 6.84. The number of aryl methyl sites for hydroxylation is 1. The zero-order valence-corrected chi connectivity index (χ0v) is 24.6. The molecule has 43 heavy (non-hydrogen) atoms. The van der Waals surface area contributed by atoms with Gasteiger partial charge in [0.25, 0.3) is 11.2 Å². The molecule has 2 aromatic carbocycles. The maximum Gasteiger partial charge on any atom is 0.338 e. The van der Waals surface area contributed by atoms with Crippen LogP contribution >= 0.6 is 11.3 Å². The molecule has 0 fully saturated rings. The Morgan fingerprint density at radius 2 is 1.74 bits per heavy atom. The molecular formula is C31H27N3O8S. The molecule has 1 aliphatic heterocycles. The lowest BCUT2D eigenvalue weighted by atomic mass is 9.94. The van der Waals surface area contributed by atoms with Crippen molar-refractivity contribution in [1.82, 2.24) is 4.57 Å². The minimum absolute atomic E-state index is 0.104. The monoisotopic (exact) mass is 601 g/mol. The zero-order chi connectivity index (χ0) is 30.8. The number of carbonyl (C=O) groups excluding carboxylic acids is 2. The van der Waals surface area contributed by atoms with Crippen molar-refractivity contribution >= 4 is 35.0 Å². The first-order valence-corrected chi connectivity index (χ1v) is 14.3. The molecule has 0 radical (unpaired) electrons. The first-order chi connectivity index (χ1) is 20.6. The Morgan fingerprint density at radius 1 is 1.05 bits per heavy atom. The highest BCUT2D eigenvalue weighted by Gasteiger charge is 2.34. The molecule has 0 saturated carbocycles. The summed E-state index contributed by atoms with van der Waals surface area (Å²) in [6.07, 6.45) is 1.58. The summed E-state index contributed by atoms with van der Waals surface area (Å²) in [5.41, 5.74) is 1.89. The molecule has 4 aromatic rings. The van der Waals surface area contributed by atoms with E-state index in [1.807, 2.05) is 0 Å². The van der Waals surface area contributed by atoms with E-state index in [9.17, 15) is 24.5 Å². The Morgan fingerprint density at radius 3 is 2.42 bits per heavy atom. The van der Waals surface area contributed by atoms with Gasteiger partial charge in [0.1, 0.15) is 11.5 Å². The van der Waals surface area contributed by atoms with Gasteiger partial charge in [-0.05, 0) is 57.5 Å². The Kier molecular flexibility index (Phi) is 8.22. The number of carbonyl (C=O) groups is 2. The van der Waals surface area contributed by atoms with Crippen LogP contribution in [0.1, 0.15) is 54.1 Å². The minimum Gasteiger partial charge on any atom is -0.463 e. The Balaban J connectivity index is 1.58. The molecule has 0 amide bonds. The van der Waals surface area contributed by atoms with Crippen molar-refractivity contribution in [3.05, 3.63) is 118 Å². The number of esters is 2. The van der Waals surface area contributed by atoms with Crippen molar-refractivity contribution in [2.75, 3.05) is 13.2 Å². The number of hydrogen-bond acceptors (Lipinski definition) is 10. The second-order valence-electron chi connectivity index (χ2n) is 9.61. The topological polar surface area (TPSA) is 143 Å². The molecule has 2 aromatic heterocycles. The van der Waals surface area contributed by atoms with E-state index in [0.29, 0.717) is 43.2 Å². The average Bonchev–Trinajstić information content (AvgIpc) is 3.57. The Bertz CT molecular complexity index is 1960. The fourth-order valence-electron chi connectivity index (χ4n) is 4.80. The third-order valence-corrected chi connectivity index (χ3v) is 7.83. The number of nitro groups is 1. The quantitative estimate of drug-likeness (QED) is 0.164. The molecule has 12 heteroatoms. The van der Waals surface area contributed by atoms with Crippen LogP contribution < -0.4 is 14.9 Å². The summed E-state index contributed by atoms with van der Waals surface area (Å²) in [5.74, 6) is -0.140. The summed E-state index contributed by atoms with van der Waals surface area (Å²) in [4.78, 5) is 55.0. The van der Waals surface area contributed by atoms with Gasteiger partial charge in [0, 0.05) is 23.3 Å². The first kappa shape index (κ1) is 29.4. The lowest BCUT2D eigenvalue weighted by Gasteiger charge is -2.24. The summed E-state index contributed by atoms with van der Waals surface area (Å²) < 4.78 is 18.0. The van der Waals surface area contributed by atoms with Gasteiger partial charge in [0.15, 0.2) is 4.80 Å². The predicted octanol–water partition coefficient (Wildman–Crippen LogP) is 4.45. The van der Waals surface area contributed by atoms with Crippen molar-refractivity contribution in [2.24, 2.45) is 4.99 Å². The molecule has 3 heterocycles. The van der Waals surface area contributed by atoms with Gasteiger partial charge in [-0.1, -0.05) is 35.6 Å². The number of thiazole rings is 1. The van der Waals surface area contributed by atoms with Gasteiger partial charge in [-0.3, -0.25) is 19.5 Å². The number of benzene rings is 2. The van der Waals surface area contributed by atoms with E-state index in [1.165, 1.54) is 10.6 Å². The van der Waals surface area contributed by atoms with E-state index in [1.54, 1.807) is 82.3 Å². The van der Waals surface area contributed by atoms with Crippen molar-refractivity contribution in [2.45, 2.75) is 33.7 Å². The Hall–Kier alpha value is -5.10. The van der Waals surface area contributed by atoms with E-state index in [0.717, 1.165) is 16.9 Å². The Labute approximate surface area is 249 Å². The van der Waals surface area contributed by atoms with Crippen molar-refractivity contribution < 1.29 is 28.4 Å². The number of nitrogens with zero attached hydrogens (tertiary/aromatic N) is 3. The van der Waals surface area contributed by atoms with Gasteiger partial charge in [-0.15, -0.1) is 0 Å². The first-order valence-electron chi connectivity index (χ1n) is 13.4. The fraction of sp³-hybridized carbons (Fsp3) is 0.226. The molecule has 0 spiro atoms. The van der Waals surface area contributed by atoms with Crippen LogP contribution in [0.15, 0.2) is 80.1 Å². The SMILES string of the molecule is CCOC(=O)C1=C(C)N=c2s/c(=C/c3ccc(-c4ccc(C(=O)OCC)cc4)o3)c(=O)n2[C@H]1c1ccc(C)c([N+](=O)[O-])c1. The van der Waals surface area contributed by atoms with Crippen LogP contribution in [0.5, 0.6) is 0 Å². The van der Waals surface area contributed by atoms with Crippen LogP contribution in [0.2, 0.25) is 0 Å². The molecule has 0 saturated heterocycles. The minimum atomic E-state index is -0.984. The van der Waals surface area contributed by atoms with Gasteiger partial charge in [0.05, 0.1) is 45.5 Å². The van der Waals surface area contributed by atoms with Crippen LogP contribution in [0.25, 0.3) is 17.4 Å². The lowest BCUT2D eigenvalue weighted by Crippen LogP contribution is -2.40. The van der Waals surface area contributed by atoms with E-state index < -0.39 is 28.5 Å². The van der Waals surface area contributed by atoms with Gasteiger partial charge in [-0.25, -0.2) is 14.6 Å². The number of allylic oxidation sites excluding steroid dienone is 1. The molecule has 220 valence electrons. The molecule has 0 aliphatic carbocycles. The zero-order valence-electron chi connectivity index (χ0n) is 23.8. The summed E-state index contributed by atoms with van der Waals surface area (Å²) in [7, 11) is 0. The highest BCUT2D eigenvalue weighted by atomic mass is 32.1. The van der Waals surface area contributed by atoms with Gasteiger partial charge >= 0.3 is 11.9 Å². The van der Waals surface area contributed by atoms with Crippen LogP contribution in [0.3, 0.4) is 0 Å². The standard InChI is InChI=1S/C31H27N3O8S/c1-5-40-29(36)20-11-9-19(10-12-20)24-14-13-22(42-24)16-25-28(35)33-27(21-8-7-17(3)23(15-21)34(38)39)26(30(37)41-6-2)18(4)32-31(33)43-25/h7-16,27H,5-6H2,1-4H3/b25-16+/t27-/m0/s1. The number of furan rings is 1. The maximum atomic E-state index is 13.8. The van der Waals surface area contributed by atoms with Crippen LogP contribution in [0.4, 0.5) is 5.69 Å². The summed E-state index contributed by atoms with van der Waals surface area (Å²) in [6.45, 7) is 7.05. The molecule has 1 aliphatic rings. The predicted molar refractivity (Wildman–Crippen MR) is 158 cm³/mol. The van der Waals surface area contributed by atoms with Gasteiger partial charge in [0.2, 0.25) is 0 Å². The second-order valence-corrected chi connectivity index (χ2v) is 10.6. The number of aromatic nitrogens is 1. The number of hydrogen-bond donors (Lipinski definition) is 0. The van der Waals surface area contributed by atoms with Crippen LogP contribution in [-0.4, -0.2) is 34.6 Å². The van der Waals surface area contributed by atoms with E-state index in [-0.39, 0.29) is 24.5 Å². The van der Waals surface area contributed by atoms with Gasteiger partial charge < -0.3 is 13.9 Å². The van der Waals surface area contributed by atoms with E-state index in [4.69, 9.17) is 13.9 Å². The third kappa shape index (κ3) is 5.69. The molecule has 1 atom stereocenters.